The summed E-state index contributed by atoms with van der Waals surface area (Å²) in [5, 5.41) is 11.9. The van der Waals surface area contributed by atoms with Crippen molar-refractivity contribution in [1.82, 2.24) is 5.32 Å². The summed E-state index contributed by atoms with van der Waals surface area (Å²) in [7, 11) is 0. The van der Waals surface area contributed by atoms with Gasteiger partial charge in [-0.25, -0.2) is 0 Å². The van der Waals surface area contributed by atoms with Gasteiger partial charge in [-0.1, -0.05) is 6.42 Å². The first-order valence-electron chi connectivity index (χ1n) is 6.80. The van der Waals surface area contributed by atoms with Crippen LogP contribution in [0.15, 0.2) is 0 Å². The first-order chi connectivity index (χ1) is 8.48. The smallest absolute Gasteiger partial charge is 0.306 e. The molecule has 2 aliphatic carbocycles. The fraction of sp³-hybridized carbons (Fsp3) is 0.846. The predicted molar refractivity (Wildman–Crippen MR) is 66.9 cm³/mol. The molecule has 102 valence electrons. The molecule has 18 heavy (non-hydrogen) atoms. The van der Waals surface area contributed by atoms with E-state index in [1.54, 1.807) is 0 Å². The highest BCUT2D eigenvalue weighted by molar-refractivity contribution is 5.78. The normalized spacial score (nSPS) is 30.3. The Hall–Kier alpha value is -1.10. The number of nitrogens with two attached hydrogens (primary N) is 1. The van der Waals surface area contributed by atoms with Crippen LogP contribution in [0.2, 0.25) is 0 Å². The second-order valence-corrected chi connectivity index (χ2v) is 5.86. The van der Waals surface area contributed by atoms with Gasteiger partial charge in [-0.3, -0.25) is 9.59 Å². The van der Waals surface area contributed by atoms with Crippen molar-refractivity contribution in [2.24, 2.45) is 11.7 Å². The van der Waals surface area contributed by atoms with E-state index in [2.05, 4.69) is 5.32 Å². The van der Waals surface area contributed by atoms with E-state index in [1.807, 2.05) is 0 Å². The Morgan fingerprint density at radius 1 is 1.28 bits per heavy atom. The molecule has 2 saturated carbocycles. The van der Waals surface area contributed by atoms with Crippen LogP contribution >= 0.6 is 0 Å². The number of rotatable bonds is 4. The SMILES string of the molecule is NC1(CC(=O)NC2CCCC(C(=O)O)C2)CCC1. The number of carbonyl (C=O) groups is 2. The van der Waals surface area contributed by atoms with Crippen LogP contribution in [0, 0.1) is 5.92 Å². The van der Waals surface area contributed by atoms with E-state index in [4.69, 9.17) is 10.8 Å². The van der Waals surface area contributed by atoms with Gasteiger partial charge in [0.05, 0.1) is 5.92 Å². The zero-order chi connectivity index (χ0) is 13.2. The lowest BCUT2D eigenvalue weighted by Gasteiger charge is -2.38. The first-order valence-corrected chi connectivity index (χ1v) is 6.80. The molecule has 2 atom stereocenters. The van der Waals surface area contributed by atoms with Crippen molar-refractivity contribution in [2.45, 2.75) is 62.9 Å². The standard InChI is InChI=1S/C13H22N2O3/c14-13(5-2-6-13)8-11(16)15-10-4-1-3-9(7-10)12(17)18/h9-10H,1-8,14H2,(H,15,16)(H,17,18). The summed E-state index contributed by atoms with van der Waals surface area (Å²) in [5.74, 6) is -1.07. The van der Waals surface area contributed by atoms with Gasteiger partial charge < -0.3 is 16.2 Å². The van der Waals surface area contributed by atoms with Gasteiger partial charge in [-0.2, -0.15) is 0 Å². The number of aliphatic carboxylic acids is 1. The van der Waals surface area contributed by atoms with Crippen molar-refractivity contribution >= 4 is 11.9 Å². The highest BCUT2D eigenvalue weighted by atomic mass is 16.4. The molecule has 0 bridgehead atoms. The van der Waals surface area contributed by atoms with Gasteiger partial charge in [0.15, 0.2) is 0 Å². The molecule has 0 aromatic rings. The van der Waals surface area contributed by atoms with E-state index in [-0.39, 0.29) is 23.4 Å². The molecule has 1 amide bonds. The molecule has 0 saturated heterocycles. The van der Waals surface area contributed by atoms with Crippen LogP contribution in [0.25, 0.3) is 0 Å². The molecule has 0 radical (unpaired) electrons. The Labute approximate surface area is 107 Å². The molecule has 0 heterocycles. The second-order valence-electron chi connectivity index (χ2n) is 5.86. The lowest BCUT2D eigenvalue weighted by atomic mass is 9.75. The molecule has 2 unspecified atom stereocenters. The van der Waals surface area contributed by atoms with E-state index in [0.29, 0.717) is 12.8 Å². The van der Waals surface area contributed by atoms with Crippen molar-refractivity contribution in [3.8, 4) is 0 Å². The lowest BCUT2D eigenvalue weighted by Crippen LogP contribution is -2.51. The molecule has 0 spiro atoms. The third kappa shape index (κ3) is 3.22. The van der Waals surface area contributed by atoms with E-state index in [0.717, 1.165) is 38.5 Å². The van der Waals surface area contributed by atoms with Crippen molar-refractivity contribution in [3.63, 3.8) is 0 Å². The third-order valence-corrected chi connectivity index (χ3v) is 4.25. The number of hydrogen-bond donors (Lipinski definition) is 3. The number of nitrogens with one attached hydrogen (secondary N) is 1. The van der Waals surface area contributed by atoms with Gasteiger partial charge in [-0.05, 0) is 38.5 Å². The van der Waals surface area contributed by atoms with Crippen LogP contribution in [0.1, 0.15) is 51.4 Å². The molecule has 4 N–H and O–H groups in total. The summed E-state index contributed by atoms with van der Waals surface area (Å²) in [6.07, 6.45) is 6.35. The maximum absolute atomic E-state index is 11.9. The largest absolute Gasteiger partial charge is 0.481 e. The van der Waals surface area contributed by atoms with Crippen LogP contribution in [-0.4, -0.2) is 28.6 Å². The number of carboxylic acid groups (broad SMARTS) is 1. The van der Waals surface area contributed by atoms with Gasteiger partial charge in [-0.15, -0.1) is 0 Å². The van der Waals surface area contributed by atoms with Gasteiger partial charge >= 0.3 is 5.97 Å². The molecule has 5 nitrogen and oxygen atoms in total. The number of hydrogen-bond acceptors (Lipinski definition) is 3. The summed E-state index contributed by atoms with van der Waals surface area (Å²) in [4.78, 5) is 22.8. The minimum atomic E-state index is -0.747. The molecule has 0 aliphatic heterocycles. The zero-order valence-corrected chi connectivity index (χ0v) is 10.7. The van der Waals surface area contributed by atoms with Gasteiger partial charge in [0.1, 0.15) is 0 Å². The lowest BCUT2D eigenvalue weighted by molar-refractivity contribution is -0.143. The Kier molecular flexibility index (Phi) is 3.90. The van der Waals surface area contributed by atoms with E-state index < -0.39 is 5.97 Å². The molecule has 0 aromatic heterocycles. The molecular formula is C13H22N2O3. The van der Waals surface area contributed by atoms with Crippen molar-refractivity contribution in [2.75, 3.05) is 0 Å². The molecule has 0 aromatic carbocycles. The topological polar surface area (TPSA) is 92.4 Å². The van der Waals surface area contributed by atoms with Gasteiger partial charge in [0.25, 0.3) is 0 Å². The molecular weight excluding hydrogens is 232 g/mol. The highest BCUT2D eigenvalue weighted by Gasteiger charge is 2.35. The quantitative estimate of drug-likeness (QED) is 0.698. The van der Waals surface area contributed by atoms with Crippen LogP contribution in [0.3, 0.4) is 0 Å². The molecule has 2 fully saturated rings. The zero-order valence-electron chi connectivity index (χ0n) is 10.7. The Balaban J connectivity index is 1.78. The summed E-state index contributed by atoms with van der Waals surface area (Å²) in [6, 6.07) is 0.0102. The van der Waals surface area contributed by atoms with Crippen LogP contribution < -0.4 is 11.1 Å². The van der Waals surface area contributed by atoms with E-state index >= 15 is 0 Å². The van der Waals surface area contributed by atoms with Crippen molar-refractivity contribution in [3.05, 3.63) is 0 Å². The monoisotopic (exact) mass is 254 g/mol. The Morgan fingerprint density at radius 3 is 2.56 bits per heavy atom. The summed E-state index contributed by atoms with van der Waals surface area (Å²) in [6.45, 7) is 0. The maximum atomic E-state index is 11.9. The predicted octanol–water partition coefficient (Wildman–Crippen LogP) is 1.02. The Bertz CT molecular complexity index is 339. The highest BCUT2D eigenvalue weighted by Crippen LogP contribution is 2.32. The fourth-order valence-electron chi connectivity index (χ4n) is 2.95. The van der Waals surface area contributed by atoms with E-state index in [9.17, 15) is 9.59 Å². The minimum absolute atomic E-state index is 0.0102. The summed E-state index contributed by atoms with van der Waals surface area (Å²) >= 11 is 0. The molecule has 2 rings (SSSR count). The molecule has 2 aliphatic rings. The van der Waals surface area contributed by atoms with Crippen LogP contribution in [0.5, 0.6) is 0 Å². The van der Waals surface area contributed by atoms with Crippen molar-refractivity contribution in [1.29, 1.82) is 0 Å². The first kappa shape index (κ1) is 13.3. The molecule has 5 heteroatoms. The van der Waals surface area contributed by atoms with Gasteiger partial charge in [0.2, 0.25) is 5.91 Å². The number of carboxylic acids is 1. The number of amides is 1. The second kappa shape index (κ2) is 5.26. The van der Waals surface area contributed by atoms with Crippen LogP contribution in [0.4, 0.5) is 0 Å². The average molecular weight is 254 g/mol. The minimum Gasteiger partial charge on any atom is -0.481 e. The summed E-state index contributed by atoms with van der Waals surface area (Å²) < 4.78 is 0. The maximum Gasteiger partial charge on any atom is 0.306 e. The average Bonchev–Trinajstić information content (AvgIpc) is 2.27. The van der Waals surface area contributed by atoms with Crippen LogP contribution in [-0.2, 0) is 9.59 Å². The Morgan fingerprint density at radius 2 is 2.00 bits per heavy atom. The fourth-order valence-corrected chi connectivity index (χ4v) is 2.95. The third-order valence-electron chi connectivity index (χ3n) is 4.25. The van der Waals surface area contributed by atoms with Gasteiger partial charge in [0, 0.05) is 18.0 Å². The number of carbonyl (C=O) groups excluding carboxylic acids is 1. The van der Waals surface area contributed by atoms with E-state index in [1.165, 1.54) is 0 Å². The summed E-state index contributed by atoms with van der Waals surface area (Å²) in [5.41, 5.74) is 5.73. The van der Waals surface area contributed by atoms with Crippen molar-refractivity contribution < 1.29 is 14.7 Å².